The predicted molar refractivity (Wildman–Crippen MR) is 112 cm³/mol. The van der Waals surface area contributed by atoms with Crippen molar-refractivity contribution in [3.63, 3.8) is 0 Å². The number of carbonyl (C=O) groups is 2. The molecular formula is C23H16FNO5S. The number of rotatable bonds is 6. The van der Waals surface area contributed by atoms with Crippen LogP contribution in [0.5, 0.6) is 0 Å². The third kappa shape index (κ3) is 4.30. The van der Waals surface area contributed by atoms with Crippen LogP contribution in [-0.2, 0) is 29.7 Å². The van der Waals surface area contributed by atoms with Crippen molar-refractivity contribution in [3.8, 4) is 0 Å². The van der Waals surface area contributed by atoms with Gasteiger partial charge in [0.05, 0.1) is 11.1 Å². The molecule has 1 aliphatic rings. The molecule has 156 valence electrons. The Morgan fingerprint density at radius 1 is 0.710 bits per heavy atom. The van der Waals surface area contributed by atoms with Gasteiger partial charge >= 0.3 is 0 Å². The maximum Gasteiger partial charge on any atom is 0.292 e. The summed E-state index contributed by atoms with van der Waals surface area (Å²) in [5.41, 5.74) is 1.27. The van der Waals surface area contributed by atoms with Gasteiger partial charge in [-0.15, -0.1) is 9.35 Å². The van der Waals surface area contributed by atoms with Gasteiger partial charge in [0, 0.05) is 0 Å². The van der Waals surface area contributed by atoms with Gasteiger partial charge in [0.15, 0.2) is 0 Å². The first-order valence-electron chi connectivity index (χ1n) is 9.26. The number of amides is 2. The minimum Gasteiger partial charge on any atom is -0.266 e. The van der Waals surface area contributed by atoms with Crippen LogP contribution in [0.25, 0.3) is 11.1 Å². The van der Waals surface area contributed by atoms with Crippen molar-refractivity contribution in [1.29, 1.82) is 0 Å². The summed E-state index contributed by atoms with van der Waals surface area (Å²) in [4.78, 5) is 26.2. The van der Waals surface area contributed by atoms with Crippen molar-refractivity contribution >= 4 is 33.1 Å². The predicted octanol–water partition coefficient (Wildman–Crippen LogP) is 3.57. The summed E-state index contributed by atoms with van der Waals surface area (Å²) in [6, 6.07) is 21.7. The number of hydrogen-bond acceptors (Lipinski definition) is 5. The van der Waals surface area contributed by atoms with E-state index < -0.39 is 33.5 Å². The van der Waals surface area contributed by atoms with Gasteiger partial charge in [0.1, 0.15) is 11.6 Å². The Bertz CT molecular complexity index is 1210. The lowest BCUT2D eigenvalue weighted by Gasteiger charge is -2.14. The van der Waals surface area contributed by atoms with Gasteiger partial charge in [0.2, 0.25) is 0 Å². The van der Waals surface area contributed by atoms with Gasteiger partial charge in [0.25, 0.3) is 21.9 Å². The second kappa shape index (κ2) is 8.25. The van der Waals surface area contributed by atoms with Crippen LogP contribution < -0.4 is 0 Å². The second-order valence-corrected chi connectivity index (χ2v) is 8.34. The molecule has 0 N–H and O–H groups in total. The molecule has 0 saturated carbocycles. The van der Waals surface area contributed by atoms with E-state index in [0.717, 1.165) is 12.1 Å². The van der Waals surface area contributed by atoms with Crippen LogP contribution in [0, 0.1) is 5.82 Å². The minimum absolute atomic E-state index is 0.0498. The smallest absolute Gasteiger partial charge is 0.266 e. The topological polar surface area (TPSA) is 80.8 Å². The Morgan fingerprint density at radius 3 is 1.61 bits per heavy atom. The molecule has 3 aromatic rings. The zero-order chi connectivity index (χ0) is 22.0. The quantitative estimate of drug-likeness (QED) is 0.551. The molecule has 6 nitrogen and oxygen atoms in total. The van der Waals surface area contributed by atoms with Gasteiger partial charge in [-0.05, 0) is 28.8 Å². The van der Waals surface area contributed by atoms with Gasteiger partial charge < -0.3 is 0 Å². The molecule has 3 aromatic carbocycles. The van der Waals surface area contributed by atoms with Crippen molar-refractivity contribution in [2.75, 3.05) is 0 Å². The Balaban J connectivity index is 1.69. The van der Waals surface area contributed by atoms with Crippen LogP contribution in [0.4, 0.5) is 4.39 Å². The number of nitrogens with zero attached hydrogens (tertiary/aromatic N) is 1. The average Bonchev–Trinajstić information content (AvgIpc) is 3.01. The number of hydrogen-bond donors (Lipinski definition) is 0. The molecule has 0 aliphatic carbocycles. The Morgan fingerprint density at radius 2 is 1.16 bits per heavy atom. The van der Waals surface area contributed by atoms with E-state index in [-0.39, 0.29) is 21.8 Å². The molecule has 2 amide bonds. The van der Waals surface area contributed by atoms with Crippen molar-refractivity contribution < 1.29 is 26.7 Å². The van der Waals surface area contributed by atoms with E-state index in [1.807, 2.05) is 0 Å². The first-order chi connectivity index (χ1) is 14.9. The van der Waals surface area contributed by atoms with E-state index in [9.17, 15) is 22.4 Å². The fraction of sp³-hybridized carbons (Fsp3) is 0.0435. The average molecular weight is 437 g/mol. The maximum absolute atomic E-state index is 13.1. The van der Waals surface area contributed by atoms with E-state index in [2.05, 4.69) is 0 Å². The first-order valence-corrected chi connectivity index (χ1v) is 10.8. The minimum atomic E-state index is -4.37. The van der Waals surface area contributed by atoms with Gasteiger partial charge in [-0.2, -0.15) is 8.42 Å². The summed E-state index contributed by atoms with van der Waals surface area (Å²) < 4.78 is 43.1. The molecule has 0 bridgehead atoms. The molecule has 4 rings (SSSR count). The highest BCUT2D eigenvalue weighted by atomic mass is 32.2. The lowest BCUT2D eigenvalue weighted by molar-refractivity contribution is -0.160. The number of benzene rings is 3. The van der Waals surface area contributed by atoms with Crippen LogP contribution >= 0.6 is 0 Å². The molecule has 31 heavy (non-hydrogen) atoms. The van der Waals surface area contributed by atoms with E-state index in [4.69, 9.17) is 4.28 Å². The highest BCUT2D eigenvalue weighted by Gasteiger charge is 2.43. The molecule has 1 heterocycles. The van der Waals surface area contributed by atoms with Gasteiger partial charge in [-0.25, -0.2) is 4.39 Å². The van der Waals surface area contributed by atoms with Crippen LogP contribution in [0.2, 0.25) is 0 Å². The summed E-state index contributed by atoms with van der Waals surface area (Å²) in [5, 5.41) is 0.267. The van der Waals surface area contributed by atoms with Crippen molar-refractivity contribution in [3.05, 3.63) is 107 Å². The molecule has 8 heteroatoms. The monoisotopic (exact) mass is 437 g/mol. The van der Waals surface area contributed by atoms with Crippen molar-refractivity contribution in [1.82, 2.24) is 5.06 Å². The first kappa shape index (κ1) is 20.6. The Hall–Kier alpha value is -3.62. The maximum atomic E-state index is 13.1. The standard InChI is InChI=1S/C23H16FNO5S/c24-19-13-11-16(12-14-19)15-31(28,29)30-25-22(26)20(17-7-3-1-4-8-17)21(23(25)27)18-9-5-2-6-10-18/h1-14H,15H2. The number of imide groups is 1. The molecule has 0 atom stereocenters. The second-order valence-electron chi connectivity index (χ2n) is 6.79. The Labute approximate surface area is 178 Å². The fourth-order valence-corrected chi connectivity index (χ4v) is 4.26. The van der Waals surface area contributed by atoms with E-state index >= 15 is 0 Å². The molecular weight excluding hydrogens is 421 g/mol. The number of halogens is 1. The summed E-state index contributed by atoms with van der Waals surface area (Å²) in [6.07, 6.45) is 0. The third-order valence-corrected chi connectivity index (χ3v) is 5.68. The molecule has 0 spiro atoms. The molecule has 0 aromatic heterocycles. The van der Waals surface area contributed by atoms with Gasteiger partial charge in [-0.3, -0.25) is 9.59 Å². The van der Waals surface area contributed by atoms with E-state index in [1.165, 1.54) is 12.1 Å². The van der Waals surface area contributed by atoms with Gasteiger partial charge in [-0.1, -0.05) is 72.8 Å². The van der Waals surface area contributed by atoms with Crippen LogP contribution in [0.15, 0.2) is 84.9 Å². The molecule has 0 fully saturated rings. The van der Waals surface area contributed by atoms with Crippen LogP contribution in [0.3, 0.4) is 0 Å². The van der Waals surface area contributed by atoms with E-state index in [0.29, 0.717) is 11.1 Å². The molecule has 0 unspecified atom stereocenters. The lowest BCUT2D eigenvalue weighted by atomic mass is 9.96. The Kier molecular flexibility index (Phi) is 5.50. The van der Waals surface area contributed by atoms with Crippen LogP contribution in [-0.4, -0.2) is 25.3 Å². The number of hydroxylamine groups is 2. The fourth-order valence-electron chi connectivity index (χ4n) is 3.25. The van der Waals surface area contributed by atoms with Crippen LogP contribution in [0.1, 0.15) is 16.7 Å². The molecule has 0 saturated heterocycles. The lowest BCUT2D eigenvalue weighted by Crippen LogP contribution is -2.34. The number of carbonyl (C=O) groups excluding carboxylic acids is 2. The highest BCUT2D eigenvalue weighted by Crippen LogP contribution is 2.36. The zero-order valence-electron chi connectivity index (χ0n) is 16.1. The summed E-state index contributed by atoms with van der Waals surface area (Å²) in [7, 11) is -4.37. The van der Waals surface area contributed by atoms with Crippen molar-refractivity contribution in [2.45, 2.75) is 5.75 Å². The van der Waals surface area contributed by atoms with E-state index in [1.54, 1.807) is 60.7 Å². The summed E-state index contributed by atoms with van der Waals surface area (Å²) in [5.74, 6) is -2.90. The summed E-state index contributed by atoms with van der Waals surface area (Å²) >= 11 is 0. The molecule has 0 radical (unpaired) electrons. The summed E-state index contributed by atoms with van der Waals surface area (Å²) in [6.45, 7) is 0. The SMILES string of the molecule is O=C1C(c2ccccc2)=C(c2ccccc2)C(=O)N1OS(=O)(=O)Cc1ccc(F)cc1. The van der Waals surface area contributed by atoms with Crippen molar-refractivity contribution in [2.24, 2.45) is 0 Å². The normalized spacial score (nSPS) is 14.4. The third-order valence-electron chi connectivity index (χ3n) is 4.62. The zero-order valence-corrected chi connectivity index (χ0v) is 16.9. The largest absolute Gasteiger partial charge is 0.292 e. The highest BCUT2D eigenvalue weighted by molar-refractivity contribution is 7.85. The molecule has 1 aliphatic heterocycles.